The van der Waals surface area contributed by atoms with Crippen molar-refractivity contribution in [2.45, 2.75) is 13.1 Å². The molecule has 0 radical (unpaired) electrons. The summed E-state index contributed by atoms with van der Waals surface area (Å²) in [6, 6.07) is 4.12. The molecule has 0 aliphatic carbocycles. The van der Waals surface area contributed by atoms with Gasteiger partial charge < -0.3 is 0 Å². The molecule has 2 rings (SSSR count). The molecule has 20 heavy (non-hydrogen) atoms. The smallest absolute Gasteiger partial charge is 0.289 e. The molecule has 0 saturated carbocycles. The molecule has 0 spiro atoms. The Kier molecular flexibility index (Phi) is 3.57. The van der Waals surface area contributed by atoms with E-state index in [4.69, 9.17) is 0 Å². The number of carbonyl (C=O) groups is 1. The molecular formula is C14H9F4NO. The molecule has 1 aromatic heterocycles. The van der Waals surface area contributed by atoms with E-state index >= 15 is 0 Å². The van der Waals surface area contributed by atoms with Crippen LogP contribution in [0.2, 0.25) is 0 Å². The van der Waals surface area contributed by atoms with Crippen molar-refractivity contribution in [3.05, 3.63) is 64.7 Å². The monoisotopic (exact) mass is 283 g/mol. The second kappa shape index (κ2) is 5.03. The molecule has 0 unspecified atom stereocenters. The summed E-state index contributed by atoms with van der Waals surface area (Å²) in [7, 11) is 0. The lowest BCUT2D eigenvalue weighted by Crippen LogP contribution is -2.15. The van der Waals surface area contributed by atoms with E-state index in [9.17, 15) is 22.4 Å². The number of halogens is 4. The lowest BCUT2D eigenvalue weighted by Gasteiger charge is -2.12. The number of nitrogens with zero attached hydrogens (tertiary/aromatic N) is 1. The molecule has 104 valence electrons. The maximum absolute atomic E-state index is 13.2. The summed E-state index contributed by atoms with van der Waals surface area (Å²) < 4.78 is 51.7. The van der Waals surface area contributed by atoms with Gasteiger partial charge in [0.2, 0.25) is 0 Å². The van der Waals surface area contributed by atoms with E-state index in [1.807, 2.05) is 0 Å². The molecular weight excluding hydrogens is 274 g/mol. The maximum Gasteiger partial charge on any atom is 0.417 e. The molecule has 2 aromatic rings. The van der Waals surface area contributed by atoms with Gasteiger partial charge in [-0.25, -0.2) is 4.39 Å². The Hall–Kier alpha value is -2.24. The Morgan fingerprint density at radius 3 is 2.50 bits per heavy atom. The van der Waals surface area contributed by atoms with E-state index in [1.54, 1.807) is 0 Å². The second-order valence-electron chi connectivity index (χ2n) is 4.21. The third-order valence-electron chi connectivity index (χ3n) is 2.82. The van der Waals surface area contributed by atoms with Crippen molar-refractivity contribution in [2.75, 3.05) is 0 Å². The van der Waals surface area contributed by atoms with Crippen molar-refractivity contribution in [1.29, 1.82) is 0 Å². The molecule has 6 heteroatoms. The normalized spacial score (nSPS) is 11.4. The highest BCUT2D eigenvalue weighted by molar-refractivity contribution is 6.10. The van der Waals surface area contributed by atoms with Gasteiger partial charge in [0.05, 0.1) is 11.1 Å². The number of alkyl halides is 3. The maximum atomic E-state index is 13.2. The fraction of sp³-hybridized carbons (Fsp3) is 0.143. The highest BCUT2D eigenvalue weighted by Crippen LogP contribution is 2.32. The van der Waals surface area contributed by atoms with Crippen LogP contribution in [-0.2, 0) is 6.18 Å². The van der Waals surface area contributed by atoms with Crippen molar-refractivity contribution in [1.82, 2.24) is 4.98 Å². The van der Waals surface area contributed by atoms with Crippen LogP contribution in [0.3, 0.4) is 0 Å². The van der Waals surface area contributed by atoms with E-state index in [1.165, 1.54) is 13.0 Å². The highest BCUT2D eigenvalue weighted by atomic mass is 19.4. The summed E-state index contributed by atoms with van der Waals surface area (Å²) in [6.07, 6.45) is -2.87. The van der Waals surface area contributed by atoms with Crippen LogP contribution in [0.5, 0.6) is 0 Å². The Bertz CT molecular complexity index is 664. The van der Waals surface area contributed by atoms with Crippen LogP contribution < -0.4 is 0 Å². The third kappa shape index (κ3) is 2.68. The predicted molar refractivity (Wildman–Crippen MR) is 63.8 cm³/mol. The van der Waals surface area contributed by atoms with Crippen LogP contribution in [0.15, 0.2) is 36.7 Å². The lowest BCUT2D eigenvalue weighted by atomic mass is 9.97. The Morgan fingerprint density at radius 2 is 1.85 bits per heavy atom. The van der Waals surface area contributed by atoms with Gasteiger partial charge >= 0.3 is 6.18 Å². The quantitative estimate of drug-likeness (QED) is 0.620. The molecule has 0 aliphatic rings. The minimum atomic E-state index is -4.67. The summed E-state index contributed by atoms with van der Waals surface area (Å²) in [5.74, 6) is -1.58. The Balaban J connectivity index is 2.57. The Labute approximate surface area is 112 Å². The first-order chi connectivity index (χ1) is 9.30. The molecule has 0 bridgehead atoms. The van der Waals surface area contributed by atoms with Crippen molar-refractivity contribution >= 4 is 5.78 Å². The lowest BCUT2D eigenvalue weighted by molar-refractivity contribution is -0.137. The molecule has 0 atom stereocenters. The number of ketones is 1. The molecule has 0 saturated heterocycles. The molecule has 0 fully saturated rings. The minimum Gasteiger partial charge on any atom is -0.289 e. The molecule has 1 heterocycles. The number of hydrogen-bond donors (Lipinski definition) is 0. The number of benzene rings is 1. The van der Waals surface area contributed by atoms with E-state index in [0.717, 1.165) is 30.6 Å². The fourth-order valence-corrected chi connectivity index (χ4v) is 1.81. The van der Waals surface area contributed by atoms with Gasteiger partial charge in [-0.05, 0) is 30.7 Å². The third-order valence-corrected chi connectivity index (χ3v) is 2.82. The van der Waals surface area contributed by atoms with E-state index in [0.29, 0.717) is 5.56 Å². The van der Waals surface area contributed by atoms with Gasteiger partial charge in [0.15, 0.2) is 5.78 Å². The number of pyridine rings is 1. The zero-order chi connectivity index (χ0) is 14.9. The first-order valence-electron chi connectivity index (χ1n) is 5.63. The first kappa shape index (κ1) is 14.2. The molecule has 2 nitrogen and oxygen atoms in total. The van der Waals surface area contributed by atoms with E-state index in [2.05, 4.69) is 4.98 Å². The SMILES string of the molecule is Cc1ccc(F)cc1C(=O)c1cnccc1C(F)(F)F. The average molecular weight is 283 g/mol. The van der Waals surface area contributed by atoms with Crippen LogP contribution in [-0.4, -0.2) is 10.8 Å². The fourth-order valence-electron chi connectivity index (χ4n) is 1.81. The predicted octanol–water partition coefficient (Wildman–Crippen LogP) is 3.78. The van der Waals surface area contributed by atoms with Gasteiger partial charge in [0, 0.05) is 18.0 Å². The molecule has 0 N–H and O–H groups in total. The second-order valence-corrected chi connectivity index (χ2v) is 4.21. The van der Waals surface area contributed by atoms with E-state index in [-0.39, 0.29) is 5.56 Å². The number of rotatable bonds is 2. The van der Waals surface area contributed by atoms with Crippen LogP contribution in [0.25, 0.3) is 0 Å². The Morgan fingerprint density at radius 1 is 1.15 bits per heavy atom. The number of aromatic nitrogens is 1. The number of aryl methyl sites for hydroxylation is 1. The topological polar surface area (TPSA) is 30.0 Å². The van der Waals surface area contributed by atoms with Crippen molar-refractivity contribution in [2.24, 2.45) is 0 Å². The van der Waals surface area contributed by atoms with Gasteiger partial charge in [-0.15, -0.1) is 0 Å². The van der Waals surface area contributed by atoms with E-state index < -0.39 is 28.9 Å². The molecule has 0 aliphatic heterocycles. The van der Waals surface area contributed by atoms with Gasteiger partial charge in [-0.3, -0.25) is 9.78 Å². The van der Waals surface area contributed by atoms with Crippen LogP contribution >= 0.6 is 0 Å². The van der Waals surface area contributed by atoms with Gasteiger partial charge in [0.1, 0.15) is 5.82 Å². The summed E-state index contributed by atoms with van der Waals surface area (Å²) >= 11 is 0. The van der Waals surface area contributed by atoms with Crippen LogP contribution in [0.4, 0.5) is 17.6 Å². The van der Waals surface area contributed by atoms with Crippen molar-refractivity contribution < 1.29 is 22.4 Å². The summed E-state index contributed by atoms with van der Waals surface area (Å²) in [5.41, 5.74) is -1.38. The molecule has 1 aromatic carbocycles. The van der Waals surface area contributed by atoms with Gasteiger partial charge in [-0.2, -0.15) is 13.2 Å². The number of carbonyl (C=O) groups excluding carboxylic acids is 1. The standard InChI is InChI=1S/C14H9F4NO/c1-8-2-3-9(15)6-10(8)13(20)11-7-19-5-4-12(11)14(16,17)18/h2-7H,1H3. The van der Waals surface area contributed by atoms with Gasteiger partial charge in [-0.1, -0.05) is 6.07 Å². The zero-order valence-corrected chi connectivity index (χ0v) is 10.3. The van der Waals surface area contributed by atoms with Crippen LogP contribution in [0.1, 0.15) is 27.0 Å². The van der Waals surface area contributed by atoms with Crippen molar-refractivity contribution in [3.63, 3.8) is 0 Å². The average Bonchev–Trinajstić information content (AvgIpc) is 2.40. The first-order valence-corrected chi connectivity index (χ1v) is 5.63. The molecule has 0 amide bonds. The number of hydrogen-bond acceptors (Lipinski definition) is 2. The minimum absolute atomic E-state index is 0.108. The van der Waals surface area contributed by atoms with Gasteiger partial charge in [0.25, 0.3) is 0 Å². The van der Waals surface area contributed by atoms with Crippen LogP contribution in [0, 0.1) is 12.7 Å². The highest BCUT2D eigenvalue weighted by Gasteiger charge is 2.35. The summed E-state index contributed by atoms with van der Waals surface area (Å²) in [4.78, 5) is 15.7. The van der Waals surface area contributed by atoms with Crippen molar-refractivity contribution in [3.8, 4) is 0 Å². The summed E-state index contributed by atoms with van der Waals surface area (Å²) in [5, 5.41) is 0. The zero-order valence-electron chi connectivity index (χ0n) is 10.3. The largest absolute Gasteiger partial charge is 0.417 e. The summed E-state index contributed by atoms with van der Waals surface area (Å²) in [6.45, 7) is 1.52.